The van der Waals surface area contributed by atoms with E-state index in [9.17, 15) is 18.0 Å². The Kier molecular flexibility index (Phi) is 6.52. The second kappa shape index (κ2) is 9.51. The van der Waals surface area contributed by atoms with E-state index in [1.54, 1.807) is 42.5 Å². The van der Waals surface area contributed by atoms with Crippen molar-refractivity contribution in [3.8, 4) is 16.9 Å². The Morgan fingerprint density at radius 2 is 1.48 bits per heavy atom. The van der Waals surface area contributed by atoms with Crippen LogP contribution in [0.15, 0.2) is 97.1 Å². The molecule has 166 valence electrons. The highest BCUT2D eigenvalue weighted by molar-refractivity contribution is 6.30. The van der Waals surface area contributed by atoms with Crippen LogP contribution >= 0.6 is 11.6 Å². The van der Waals surface area contributed by atoms with E-state index >= 15 is 0 Å². The molecule has 0 aliphatic carbocycles. The summed E-state index contributed by atoms with van der Waals surface area (Å²) >= 11 is 6.17. The molecule has 0 radical (unpaired) electrons. The van der Waals surface area contributed by atoms with Gasteiger partial charge < -0.3 is 4.74 Å². The van der Waals surface area contributed by atoms with Crippen molar-refractivity contribution in [2.75, 3.05) is 0 Å². The molecule has 0 saturated carbocycles. The Balaban J connectivity index is 1.63. The van der Waals surface area contributed by atoms with E-state index in [2.05, 4.69) is 0 Å². The Hall–Kier alpha value is -3.57. The van der Waals surface area contributed by atoms with Crippen molar-refractivity contribution in [1.29, 1.82) is 0 Å². The van der Waals surface area contributed by atoms with E-state index in [1.165, 1.54) is 12.1 Å². The molecule has 0 aliphatic rings. The van der Waals surface area contributed by atoms with Gasteiger partial charge in [-0.2, -0.15) is 13.2 Å². The van der Waals surface area contributed by atoms with E-state index in [1.807, 2.05) is 30.3 Å². The van der Waals surface area contributed by atoms with Gasteiger partial charge in [0.1, 0.15) is 5.75 Å². The van der Waals surface area contributed by atoms with Gasteiger partial charge in [0.25, 0.3) is 0 Å². The third kappa shape index (κ3) is 5.44. The van der Waals surface area contributed by atoms with Gasteiger partial charge in [-0.25, -0.2) is 4.79 Å². The van der Waals surface area contributed by atoms with Crippen LogP contribution in [0.5, 0.6) is 5.75 Å². The van der Waals surface area contributed by atoms with Crippen LogP contribution in [-0.4, -0.2) is 5.97 Å². The molecular formula is C27H18ClF3O2. The predicted molar refractivity (Wildman–Crippen MR) is 123 cm³/mol. The first-order valence-electron chi connectivity index (χ1n) is 10.1. The maximum atomic E-state index is 13.1. The zero-order valence-corrected chi connectivity index (χ0v) is 18.0. The van der Waals surface area contributed by atoms with Gasteiger partial charge >= 0.3 is 12.1 Å². The van der Waals surface area contributed by atoms with E-state index in [4.69, 9.17) is 16.3 Å². The van der Waals surface area contributed by atoms with E-state index < -0.39 is 17.7 Å². The molecule has 0 amide bonds. The first-order valence-corrected chi connectivity index (χ1v) is 10.5. The van der Waals surface area contributed by atoms with Gasteiger partial charge in [0.2, 0.25) is 0 Å². The van der Waals surface area contributed by atoms with Gasteiger partial charge in [-0.1, -0.05) is 72.3 Å². The van der Waals surface area contributed by atoms with Crippen LogP contribution in [0, 0.1) is 0 Å². The molecule has 4 rings (SSSR count). The number of halogens is 4. The number of hydrogen-bond acceptors (Lipinski definition) is 2. The lowest BCUT2D eigenvalue weighted by Crippen LogP contribution is -2.11. The minimum Gasteiger partial charge on any atom is -0.423 e. The van der Waals surface area contributed by atoms with Gasteiger partial charge in [0, 0.05) is 17.0 Å². The van der Waals surface area contributed by atoms with Crippen molar-refractivity contribution >= 4 is 17.6 Å². The molecule has 0 spiro atoms. The third-order valence-corrected chi connectivity index (χ3v) is 5.37. The zero-order chi connectivity index (χ0) is 23.4. The smallest absolute Gasteiger partial charge is 0.416 e. The molecule has 0 fully saturated rings. The Labute approximate surface area is 194 Å². The molecule has 4 aromatic carbocycles. The summed E-state index contributed by atoms with van der Waals surface area (Å²) < 4.78 is 44.5. The monoisotopic (exact) mass is 466 g/mol. The highest BCUT2D eigenvalue weighted by atomic mass is 35.5. The fourth-order valence-electron chi connectivity index (χ4n) is 3.51. The molecule has 33 heavy (non-hydrogen) atoms. The van der Waals surface area contributed by atoms with Crippen molar-refractivity contribution in [3.05, 3.63) is 124 Å². The summed E-state index contributed by atoms with van der Waals surface area (Å²) in [5.41, 5.74) is 2.23. The molecule has 0 aromatic heterocycles. The second-order valence-electron chi connectivity index (χ2n) is 7.42. The maximum absolute atomic E-state index is 13.1. The molecular weight excluding hydrogens is 449 g/mol. The fourth-order valence-corrected chi connectivity index (χ4v) is 3.70. The SMILES string of the molecule is O=C(Oc1ccc(Cl)cc1Cc1ccccc1)c1ccccc1-c1ccc(C(F)(F)F)cc1. The number of carbonyl (C=O) groups excluding carboxylic acids is 1. The van der Waals surface area contributed by atoms with Crippen molar-refractivity contribution < 1.29 is 22.7 Å². The lowest BCUT2D eigenvalue weighted by atomic mass is 9.98. The van der Waals surface area contributed by atoms with Gasteiger partial charge in [-0.15, -0.1) is 0 Å². The van der Waals surface area contributed by atoms with Gasteiger partial charge in [0.15, 0.2) is 0 Å². The first-order chi connectivity index (χ1) is 15.8. The summed E-state index contributed by atoms with van der Waals surface area (Å²) in [5, 5.41) is 0.519. The minimum atomic E-state index is -4.43. The zero-order valence-electron chi connectivity index (χ0n) is 17.3. The van der Waals surface area contributed by atoms with Crippen molar-refractivity contribution in [3.63, 3.8) is 0 Å². The lowest BCUT2D eigenvalue weighted by Gasteiger charge is -2.14. The van der Waals surface area contributed by atoms with Crippen LogP contribution in [0.25, 0.3) is 11.1 Å². The molecule has 0 heterocycles. The summed E-state index contributed by atoms with van der Waals surface area (Å²) in [5.74, 6) is -0.238. The summed E-state index contributed by atoms with van der Waals surface area (Å²) in [7, 11) is 0. The van der Waals surface area contributed by atoms with Gasteiger partial charge in [-0.05, 0) is 53.1 Å². The highest BCUT2D eigenvalue weighted by Gasteiger charge is 2.30. The Bertz CT molecular complexity index is 1270. The summed E-state index contributed by atoms with van der Waals surface area (Å²) in [6.45, 7) is 0. The molecule has 6 heteroatoms. The summed E-state index contributed by atoms with van der Waals surface area (Å²) in [6, 6.07) is 26.0. The van der Waals surface area contributed by atoms with Crippen molar-refractivity contribution in [2.24, 2.45) is 0 Å². The van der Waals surface area contributed by atoms with Crippen LogP contribution < -0.4 is 4.74 Å². The van der Waals surface area contributed by atoms with Crippen LogP contribution in [0.2, 0.25) is 5.02 Å². The number of benzene rings is 4. The maximum Gasteiger partial charge on any atom is 0.416 e. The van der Waals surface area contributed by atoms with Gasteiger partial charge in [-0.3, -0.25) is 0 Å². The molecule has 2 nitrogen and oxygen atoms in total. The topological polar surface area (TPSA) is 26.3 Å². The molecule has 0 N–H and O–H groups in total. The van der Waals surface area contributed by atoms with Crippen molar-refractivity contribution in [2.45, 2.75) is 12.6 Å². The molecule has 0 bridgehead atoms. The van der Waals surface area contributed by atoms with E-state index in [0.29, 0.717) is 28.3 Å². The van der Waals surface area contributed by atoms with Crippen LogP contribution in [0.4, 0.5) is 13.2 Å². The van der Waals surface area contributed by atoms with E-state index in [-0.39, 0.29) is 5.56 Å². The number of alkyl halides is 3. The summed E-state index contributed by atoms with van der Waals surface area (Å²) in [6.07, 6.45) is -3.91. The Morgan fingerprint density at radius 1 is 0.818 bits per heavy atom. The quantitative estimate of drug-likeness (QED) is 0.221. The second-order valence-corrected chi connectivity index (χ2v) is 7.86. The largest absolute Gasteiger partial charge is 0.423 e. The van der Waals surface area contributed by atoms with E-state index in [0.717, 1.165) is 23.3 Å². The average Bonchev–Trinajstić information content (AvgIpc) is 2.81. The number of carbonyl (C=O) groups is 1. The Morgan fingerprint density at radius 3 is 2.18 bits per heavy atom. The predicted octanol–water partition coefficient (Wildman–Crippen LogP) is 7.84. The fraction of sp³-hybridized carbons (Fsp3) is 0.0741. The summed E-state index contributed by atoms with van der Waals surface area (Å²) in [4.78, 5) is 13.1. The molecule has 0 saturated heterocycles. The van der Waals surface area contributed by atoms with Crippen LogP contribution in [-0.2, 0) is 12.6 Å². The molecule has 0 atom stereocenters. The molecule has 4 aromatic rings. The number of hydrogen-bond donors (Lipinski definition) is 0. The average molecular weight is 467 g/mol. The van der Waals surface area contributed by atoms with Gasteiger partial charge in [0.05, 0.1) is 11.1 Å². The normalized spacial score (nSPS) is 11.3. The molecule has 0 unspecified atom stereocenters. The van der Waals surface area contributed by atoms with Crippen LogP contribution in [0.1, 0.15) is 27.0 Å². The third-order valence-electron chi connectivity index (χ3n) is 5.13. The van der Waals surface area contributed by atoms with Crippen molar-refractivity contribution in [1.82, 2.24) is 0 Å². The first kappa shape index (κ1) is 22.6. The van der Waals surface area contributed by atoms with Crippen LogP contribution in [0.3, 0.4) is 0 Å². The number of rotatable bonds is 5. The number of ether oxygens (including phenoxy) is 1. The number of esters is 1. The standard InChI is InChI=1S/C27H18ClF3O2/c28-22-14-15-25(20(17-22)16-18-6-2-1-3-7-18)33-26(32)24-9-5-4-8-23(24)19-10-12-21(13-11-19)27(29,30)31/h1-15,17H,16H2. The minimum absolute atomic E-state index is 0.248. The molecule has 0 aliphatic heterocycles. The lowest BCUT2D eigenvalue weighted by molar-refractivity contribution is -0.137. The highest BCUT2D eigenvalue weighted by Crippen LogP contribution is 2.33.